The Morgan fingerprint density at radius 3 is 2.40 bits per heavy atom. The molecule has 1 aliphatic rings. The van der Waals surface area contributed by atoms with Crippen LogP contribution in [0.2, 0.25) is 0 Å². The first-order valence-electron chi connectivity index (χ1n) is 5.19. The van der Waals surface area contributed by atoms with E-state index in [-0.39, 0.29) is 23.2 Å². The Kier molecular flexibility index (Phi) is 3.21. The minimum Gasteiger partial charge on any atom is -0.409 e. The first kappa shape index (κ1) is 11.8. The summed E-state index contributed by atoms with van der Waals surface area (Å²) in [6.45, 7) is 5.74. The van der Waals surface area contributed by atoms with E-state index in [1.54, 1.807) is 0 Å². The van der Waals surface area contributed by atoms with Gasteiger partial charge in [-0.25, -0.2) is 0 Å². The highest BCUT2D eigenvalue weighted by Crippen LogP contribution is 2.34. The zero-order valence-electron chi connectivity index (χ0n) is 9.45. The standard InChI is InChI=1S/C10H19N3O2/c1-6(2)7(8(11)13-15)9(14)12-10(3)4-5-10/h6-7,15H,4-5H2,1-3H3,(H2,11,13)(H,12,14). The van der Waals surface area contributed by atoms with Crippen molar-refractivity contribution in [3.05, 3.63) is 0 Å². The summed E-state index contributed by atoms with van der Waals surface area (Å²) < 4.78 is 0. The van der Waals surface area contributed by atoms with Gasteiger partial charge in [0.25, 0.3) is 0 Å². The quantitative estimate of drug-likeness (QED) is 0.277. The van der Waals surface area contributed by atoms with Gasteiger partial charge in [-0.15, -0.1) is 0 Å². The maximum Gasteiger partial charge on any atom is 0.231 e. The molecule has 1 saturated carbocycles. The van der Waals surface area contributed by atoms with Crippen molar-refractivity contribution < 1.29 is 10.0 Å². The van der Waals surface area contributed by atoms with Gasteiger partial charge in [-0.05, 0) is 25.7 Å². The number of carbonyl (C=O) groups excluding carboxylic acids is 1. The molecule has 0 heterocycles. The Morgan fingerprint density at radius 1 is 1.53 bits per heavy atom. The maximum atomic E-state index is 11.9. The number of amidine groups is 1. The second kappa shape index (κ2) is 4.08. The molecule has 0 aliphatic heterocycles. The topological polar surface area (TPSA) is 87.7 Å². The highest BCUT2D eigenvalue weighted by molar-refractivity contribution is 6.02. The zero-order chi connectivity index (χ0) is 11.6. The van der Waals surface area contributed by atoms with E-state index >= 15 is 0 Å². The molecule has 86 valence electrons. The smallest absolute Gasteiger partial charge is 0.231 e. The summed E-state index contributed by atoms with van der Waals surface area (Å²) in [5.74, 6) is -0.706. The highest BCUT2D eigenvalue weighted by Gasteiger charge is 2.41. The van der Waals surface area contributed by atoms with E-state index in [9.17, 15) is 4.79 Å². The van der Waals surface area contributed by atoms with Crippen molar-refractivity contribution in [3.63, 3.8) is 0 Å². The van der Waals surface area contributed by atoms with Crippen molar-refractivity contribution in [3.8, 4) is 0 Å². The summed E-state index contributed by atoms with van der Waals surface area (Å²) in [5.41, 5.74) is 5.43. The van der Waals surface area contributed by atoms with E-state index in [4.69, 9.17) is 10.9 Å². The van der Waals surface area contributed by atoms with Gasteiger partial charge in [0.15, 0.2) is 5.84 Å². The fraction of sp³-hybridized carbons (Fsp3) is 0.800. The number of hydrogen-bond donors (Lipinski definition) is 3. The van der Waals surface area contributed by atoms with Crippen LogP contribution in [0, 0.1) is 11.8 Å². The second-order valence-electron chi connectivity index (χ2n) is 4.80. The van der Waals surface area contributed by atoms with Crippen LogP contribution < -0.4 is 11.1 Å². The molecule has 4 N–H and O–H groups in total. The molecule has 0 radical (unpaired) electrons. The van der Waals surface area contributed by atoms with Crippen LogP contribution in [0.4, 0.5) is 0 Å². The van der Waals surface area contributed by atoms with Crippen molar-refractivity contribution in [1.82, 2.24) is 5.32 Å². The number of nitrogens with one attached hydrogen (secondary N) is 1. The van der Waals surface area contributed by atoms with Crippen LogP contribution in [0.1, 0.15) is 33.6 Å². The second-order valence-corrected chi connectivity index (χ2v) is 4.80. The Balaban J connectivity index is 2.67. The molecule has 0 aromatic rings. The molecule has 5 heteroatoms. The molecule has 1 atom stereocenters. The van der Waals surface area contributed by atoms with E-state index in [0.717, 1.165) is 12.8 Å². The van der Waals surface area contributed by atoms with Crippen molar-refractivity contribution >= 4 is 11.7 Å². The predicted octanol–water partition coefficient (Wildman–Crippen LogP) is 0.674. The lowest BCUT2D eigenvalue weighted by atomic mass is 9.93. The number of oxime groups is 1. The number of hydrogen-bond acceptors (Lipinski definition) is 3. The maximum absolute atomic E-state index is 11.9. The van der Waals surface area contributed by atoms with Crippen LogP contribution in [-0.2, 0) is 4.79 Å². The number of rotatable bonds is 4. The minimum absolute atomic E-state index is 0.0169. The van der Waals surface area contributed by atoms with Crippen LogP contribution in [-0.4, -0.2) is 22.5 Å². The lowest BCUT2D eigenvalue weighted by molar-refractivity contribution is -0.124. The number of nitrogens with two attached hydrogens (primary N) is 1. The van der Waals surface area contributed by atoms with E-state index in [2.05, 4.69) is 10.5 Å². The molecule has 1 amide bonds. The molecule has 1 fully saturated rings. The third-order valence-electron chi connectivity index (χ3n) is 2.81. The normalized spacial score (nSPS) is 21.2. The van der Waals surface area contributed by atoms with E-state index < -0.39 is 5.92 Å². The Hall–Kier alpha value is -1.26. The van der Waals surface area contributed by atoms with Gasteiger partial charge >= 0.3 is 0 Å². The molecule has 1 unspecified atom stereocenters. The van der Waals surface area contributed by atoms with Gasteiger partial charge in [0.05, 0.1) is 0 Å². The first-order valence-corrected chi connectivity index (χ1v) is 5.19. The SMILES string of the molecule is CC(C)C(C(=O)NC1(C)CC1)C(N)=NO. The summed E-state index contributed by atoms with van der Waals surface area (Å²) in [6, 6.07) is 0. The van der Waals surface area contributed by atoms with Gasteiger partial charge in [0.1, 0.15) is 5.92 Å². The molecule has 1 aliphatic carbocycles. The van der Waals surface area contributed by atoms with Crippen molar-refractivity contribution in [2.45, 2.75) is 39.2 Å². The fourth-order valence-electron chi connectivity index (χ4n) is 1.53. The molecule has 0 saturated heterocycles. The van der Waals surface area contributed by atoms with Gasteiger partial charge < -0.3 is 16.3 Å². The van der Waals surface area contributed by atoms with E-state index in [1.165, 1.54) is 0 Å². The summed E-state index contributed by atoms with van der Waals surface area (Å²) in [4.78, 5) is 11.9. The van der Waals surface area contributed by atoms with Crippen LogP contribution in [0.15, 0.2) is 5.16 Å². The van der Waals surface area contributed by atoms with Crippen LogP contribution in [0.25, 0.3) is 0 Å². The Labute approximate surface area is 89.7 Å². The summed E-state index contributed by atoms with van der Waals surface area (Å²) in [6.07, 6.45) is 2.00. The molecule has 0 spiro atoms. The first-order chi connectivity index (χ1) is 6.89. The average Bonchev–Trinajstić information content (AvgIpc) is 2.82. The van der Waals surface area contributed by atoms with Gasteiger partial charge in [0.2, 0.25) is 5.91 Å². The van der Waals surface area contributed by atoms with E-state index in [1.807, 2.05) is 20.8 Å². The third kappa shape index (κ3) is 2.84. The molecule has 0 aromatic heterocycles. The summed E-state index contributed by atoms with van der Waals surface area (Å²) in [7, 11) is 0. The van der Waals surface area contributed by atoms with Gasteiger partial charge in [0, 0.05) is 5.54 Å². The average molecular weight is 213 g/mol. The van der Waals surface area contributed by atoms with Crippen LogP contribution in [0.3, 0.4) is 0 Å². The molecule has 0 aromatic carbocycles. The van der Waals surface area contributed by atoms with Crippen molar-refractivity contribution in [1.29, 1.82) is 0 Å². The monoisotopic (exact) mass is 213 g/mol. The largest absolute Gasteiger partial charge is 0.409 e. The zero-order valence-corrected chi connectivity index (χ0v) is 9.45. The number of amides is 1. The lowest BCUT2D eigenvalue weighted by Gasteiger charge is -2.21. The molecular weight excluding hydrogens is 194 g/mol. The van der Waals surface area contributed by atoms with Crippen molar-refractivity contribution in [2.75, 3.05) is 0 Å². The molecule has 5 nitrogen and oxygen atoms in total. The van der Waals surface area contributed by atoms with Gasteiger partial charge in [-0.3, -0.25) is 4.79 Å². The number of nitrogens with zero attached hydrogens (tertiary/aromatic N) is 1. The third-order valence-corrected chi connectivity index (χ3v) is 2.81. The van der Waals surface area contributed by atoms with Crippen LogP contribution >= 0.6 is 0 Å². The highest BCUT2D eigenvalue weighted by atomic mass is 16.4. The fourth-order valence-corrected chi connectivity index (χ4v) is 1.53. The van der Waals surface area contributed by atoms with Gasteiger partial charge in [-0.2, -0.15) is 0 Å². The van der Waals surface area contributed by atoms with Crippen molar-refractivity contribution in [2.24, 2.45) is 22.7 Å². The van der Waals surface area contributed by atoms with E-state index in [0.29, 0.717) is 0 Å². The molecule has 0 bridgehead atoms. The van der Waals surface area contributed by atoms with Crippen LogP contribution in [0.5, 0.6) is 0 Å². The Bertz CT molecular complexity index is 282. The Morgan fingerprint density at radius 2 is 2.07 bits per heavy atom. The summed E-state index contributed by atoms with van der Waals surface area (Å²) in [5, 5.41) is 14.4. The molecule has 15 heavy (non-hydrogen) atoms. The lowest BCUT2D eigenvalue weighted by Crippen LogP contribution is -2.45. The van der Waals surface area contributed by atoms with Gasteiger partial charge in [-0.1, -0.05) is 19.0 Å². The minimum atomic E-state index is -0.549. The molecular formula is C10H19N3O2. The number of carbonyl (C=O) groups is 1. The summed E-state index contributed by atoms with van der Waals surface area (Å²) >= 11 is 0. The molecule has 1 rings (SSSR count). The predicted molar refractivity (Wildman–Crippen MR) is 57.5 cm³/mol.